The van der Waals surface area contributed by atoms with Gasteiger partial charge < -0.3 is 11.1 Å². The Balaban J connectivity index is 2.31. The van der Waals surface area contributed by atoms with Gasteiger partial charge in [0.25, 0.3) is 11.5 Å². The van der Waals surface area contributed by atoms with Crippen molar-refractivity contribution >= 4 is 5.91 Å². The van der Waals surface area contributed by atoms with Crippen molar-refractivity contribution < 1.29 is 9.18 Å². The van der Waals surface area contributed by atoms with E-state index in [1.54, 1.807) is 0 Å². The van der Waals surface area contributed by atoms with Crippen molar-refractivity contribution in [2.75, 3.05) is 6.54 Å². The molecule has 1 amide bonds. The van der Waals surface area contributed by atoms with Gasteiger partial charge in [0, 0.05) is 12.6 Å². The van der Waals surface area contributed by atoms with Gasteiger partial charge in [-0.25, -0.2) is 4.39 Å². The highest BCUT2D eigenvalue weighted by molar-refractivity contribution is 5.92. The summed E-state index contributed by atoms with van der Waals surface area (Å²) in [7, 11) is 0. The summed E-state index contributed by atoms with van der Waals surface area (Å²) in [5.74, 6) is -0.475. The zero-order chi connectivity index (χ0) is 18.6. The van der Waals surface area contributed by atoms with E-state index in [0.29, 0.717) is 18.0 Å². The predicted octanol–water partition coefficient (Wildman–Crippen LogP) is 1.86. The highest BCUT2D eigenvalue weighted by Gasteiger charge is 2.27. The van der Waals surface area contributed by atoms with Crippen LogP contribution in [0.15, 0.2) is 41.2 Å². The molecule has 1 aromatic carbocycles. The molecule has 0 aliphatic rings. The van der Waals surface area contributed by atoms with Crippen LogP contribution in [0.2, 0.25) is 0 Å². The van der Waals surface area contributed by atoms with Gasteiger partial charge in [-0.05, 0) is 49.6 Å². The Morgan fingerprint density at radius 3 is 2.48 bits per heavy atom. The molecule has 2 rings (SSSR count). The van der Waals surface area contributed by atoms with E-state index in [-0.39, 0.29) is 12.2 Å². The SMILES string of the molecule is CC(C)CC(C)(CN)NC(=O)c1ccc(=O)n(-c2ccc(F)cc2)n1. The maximum atomic E-state index is 13.1. The maximum absolute atomic E-state index is 13.1. The molecule has 1 unspecified atom stereocenters. The van der Waals surface area contributed by atoms with Crippen LogP contribution < -0.4 is 16.6 Å². The van der Waals surface area contributed by atoms with E-state index in [0.717, 1.165) is 4.68 Å². The van der Waals surface area contributed by atoms with Crippen LogP contribution in [0.4, 0.5) is 4.39 Å². The second kappa shape index (κ2) is 7.57. The van der Waals surface area contributed by atoms with E-state index < -0.39 is 22.8 Å². The van der Waals surface area contributed by atoms with Crippen LogP contribution in [0, 0.1) is 11.7 Å². The van der Waals surface area contributed by atoms with Gasteiger partial charge in [-0.1, -0.05) is 13.8 Å². The quantitative estimate of drug-likeness (QED) is 0.835. The number of benzene rings is 1. The molecule has 3 N–H and O–H groups in total. The van der Waals surface area contributed by atoms with E-state index in [9.17, 15) is 14.0 Å². The molecule has 0 saturated carbocycles. The highest BCUT2D eigenvalue weighted by atomic mass is 19.1. The van der Waals surface area contributed by atoms with Crippen molar-refractivity contribution in [1.82, 2.24) is 15.1 Å². The molecule has 25 heavy (non-hydrogen) atoms. The number of amides is 1. The molecule has 7 heteroatoms. The minimum Gasteiger partial charge on any atom is -0.344 e. The first kappa shape index (κ1) is 18.8. The summed E-state index contributed by atoms with van der Waals surface area (Å²) in [6, 6.07) is 7.93. The zero-order valence-electron chi connectivity index (χ0n) is 14.6. The third-order valence-corrected chi connectivity index (χ3v) is 3.83. The van der Waals surface area contributed by atoms with E-state index in [1.807, 2.05) is 20.8 Å². The number of nitrogens with two attached hydrogens (primary N) is 1. The predicted molar refractivity (Wildman–Crippen MR) is 94.2 cm³/mol. The van der Waals surface area contributed by atoms with Crippen molar-refractivity contribution in [3.05, 3.63) is 58.3 Å². The number of hydrogen-bond acceptors (Lipinski definition) is 4. The molecule has 0 aliphatic heterocycles. The number of aromatic nitrogens is 2. The number of carbonyl (C=O) groups excluding carboxylic acids is 1. The summed E-state index contributed by atoms with van der Waals surface area (Å²) in [5.41, 5.74) is 5.31. The van der Waals surface area contributed by atoms with Gasteiger partial charge in [-0.15, -0.1) is 0 Å². The fraction of sp³-hybridized carbons (Fsp3) is 0.389. The van der Waals surface area contributed by atoms with Gasteiger partial charge in [0.2, 0.25) is 0 Å². The van der Waals surface area contributed by atoms with Crippen LogP contribution in [0.1, 0.15) is 37.7 Å². The number of carbonyl (C=O) groups is 1. The number of nitrogens with one attached hydrogen (secondary N) is 1. The van der Waals surface area contributed by atoms with Crippen LogP contribution in [0.5, 0.6) is 0 Å². The van der Waals surface area contributed by atoms with Gasteiger partial charge in [0.1, 0.15) is 11.5 Å². The van der Waals surface area contributed by atoms with Gasteiger partial charge in [0.15, 0.2) is 0 Å². The second-order valence-electron chi connectivity index (χ2n) is 6.76. The molecule has 0 fully saturated rings. The molecule has 134 valence electrons. The topological polar surface area (TPSA) is 90.0 Å². The number of halogens is 1. The van der Waals surface area contributed by atoms with Gasteiger partial charge in [-0.3, -0.25) is 9.59 Å². The lowest BCUT2D eigenvalue weighted by Crippen LogP contribution is -2.52. The Kier molecular flexibility index (Phi) is 5.69. The average molecular weight is 346 g/mol. The lowest BCUT2D eigenvalue weighted by molar-refractivity contribution is 0.0891. The molecule has 6 nitrogen and oxygen atoms in total. The number of rotatable bonds is 6. The molecule has 1 atom stereocenters. The third-order valence-electron chi connectivity index (χ3n) is 3.83. The number of nitrogens with zero attached hydrogens (tertiary/aromatic N) is 2. The van der Waals surface area contributed by atoms with Crippen LogP contribution >= 0.6 is 0 Å². The summed E-state index contributed by atoms with van der Waals surface area (Å²) in [4.78, 5) is 24.6. The molecular formula is C18H23FN4O2. The molecule has 0 bridgehead atoms. The summed E-state index contributed by atoms with van der Waals surface area (Å²) in [6.45, 7) is 6.26. The minimum absolute atomic E-state index is 0.0901. The van der Waals surface area contributed by atoms with Crippen LogP contribution in [-0.4, -0.2) is 27.8 Å². The molecule has 0 radical (unpaired) electrons. The average Bonchev–Trinajstić information content (AvgIpc) is 2.55. The highest BCUT2D eigenvalue weighted by Crippen LogP contribution is 2.16. The molecular weight excluding hydrogens is 323 g/mol. The Bertz CT molecular complexity index is 801. The lowest BCUT2D eigenvalue weighted by Gasteiger charge is -2.31. The van der Waals surface area contributed by atoms with Gasteiger partial charge in [-0.2, -0.15) is 9.78 Å². The van der Waals surface area contributed by atoms with Crippen LogP contribution in [0.3, 0.4) is 0 Å². The third kappa shape index (κ3) is 4.73. The first-order chi connectivity index (χ1) is 11.7. The first-order valence-electron chi connectivity index (χ1n) is 8.13. The van der Waals surface area contributed by atoms with E-state index in [4.69, 9.17) is 5.73 Å². The van der Waals surface area contributed by atoms with E-state index in [1.165, 1.54) is 36.4 Å². The molecule has 0 saturated heterocycles. The largest absolute Gasteiger partial charge is 0.344 e. The van der Waals surface area contributed by atoms with Crippen molar-refractivity contribution in [3.8, 4) is 5.69 Å². The normalized spacial score (nSPS) is 13.5. The van der Waals surface area contributed by atoms with Crippen molar-refractivity contribution in [2.24, 2.45) is 11.7 Å². The van der Waals surface area contributed by atoms with Gasteiger partial charge >= 0.3 is 0 Å². The monoisotopic (exact) mass is 346 g/mol. The van der Waals surface area contributed by atoms with Crippen LogP contribution in [-0.2, 0) is 0 Å². The smallest absolute Gasteiger partial charge is 0.272 e. The summed E-state index contributed by atoms with van der Waals surface area (Å²) in [6.07, 6.45) is 0.715. The standard InChI is InChI=1S/C18H23FN4O2/c1-12(2)10-18(3,11-20)21-17(25)15-8-9-16(24)23(22-15)14-6-4-13(19)5-7-14/h4-9,12H,10-11,20H2,1-3H3,(H,21,25). The van der Waals surface area contributed by atoms with E-state index in [2.05, 4.69) is 10.4 Å². The Morgan fingerprint density at radius 2 is 1.92 bits per heavy atom. The molecule has 0 aliphatic carbocycles. The summed E-state index contributed by atoms with van der Waals surface area (Å²) in [5, 5.41) is 6.99. The Morgan fingerprint density at radius 1 is 1.28 bits per heavy atom. The summed E-state index contributed by atoms with van der Waals surface area (Å²) >= 11 is 0. The fourth-order valence-corrected chi connectivity index (χ4v) is 2.72. The molecule has 1 heterocycles. The minimum atomic E-state index is -0.566. The van der Waals surface area contributed by atoms with Gasteiger partial charge in [0.05, 0.1) is 11.2 Å². The zero-order valence-corrected chi connectivity index (χ0v) is 14.6. The van der Waals surface area contributed by atoms with Crippen molar-refractivity contribution in [2.45, 2.75) is 32.7 Å². The molecule has 0 spiro atoms. The Hall–Kier alpha value is -2.54. The van der Waals surface area contributed by atoms with E-state index >= 15 is 0 Å². The maximum Gasteiger partial charge on any atom is 0.272 e. The van der Waals surface area contributed by atoms with Crippen LogP contribution in [0.25, 0.3) is 5.69 Å². The summed E-state index contributed by atoms with van der Waals surface area (Å²) < 4.78 is 14.1. The second-order valence-corrected chi connectivity index (χ2v) is 6.76. The molecule has 1 aromatic heterocycles. The first-order valence-corrected chi connectivity index (χ1v) is 8.13. The fourth-order valence-electron chi connectivity index (χ4n) is 2.72. The molecule has 2 aromatic rings. The van der Waals surface area contributed by atoms with Crippen molar-refractivity contribution in [1.29, 1.82) is 0 Å². The lowest BCUT2D eigenvalue weighted by atomic mass is 9.90. The number of hydrogen-bond donors (Lipinski definition) is 2. The Labute approximate surface area is 145 Å². The van der Waals surface area contributed by atoms with Crippen molar-refractivity contribution in [3.63, 3.8) is 0 Å².